The lowest BCUT2D eigenvalue weighted by atomic mass is 10.1. The van der Waals surface area contributed by atoms with Crippen LogP contribution in [-0.2, 0) is 0 Å². The maximum Gasteiger partial charge on any atom is 0.255 e. The van der Waals surface area contributed by atoms with Crippen molar-refractivity contribution in [2.45, 2.75) is 38.6 Å². The summed E-state index contributed by atoms with van der Waals surface area (Å²) in [6, 6.07) is 7.75. The Morgan fingerprint density at radius 1 is 1.35 bits per heavy atom. The van der Waals surface area contributed by atoms with Gasteiger partial charge in [0.15, 0.2) is 0 Å². The van der Waals surface area contributed by atoms with E-state index in [4.69, 9.17) is 4.74 Å². The number of amides is 1. The van der Waals surface area contributed by atoms with Gasteiger partial charge in [-0.2, -0.15) is 0 Å². The van der Waals surface area contributed by atoms with E-state index in [1.165, 1.54) is 12.8 Å². The van der Waals surface area contributed by atoms with Crippen molar-refractivity contribution >= 4 is 5.91 Å². The summed E-state index contributed by atoms with van der Waals surface area (Å²) < 4.78 is 5.46. The van der Waals surface area contributed by atoms with Gasteiger partial charge in [-0.25, -0.2) is 0 Å². The zero-order valence-corrected chi connectivity index (χ0v) is 10.2. The minimum absolute atomic E-state index is 0.0130. The van der Waals surface area contributed by atoms with Crippen LogP contribution in [0.3, 0.4) is 0 Å². The summed E-state index contributed by atoms with van der Waals surface area (Å²) in [4.78, 5) is 12.1. The lowest BCUT2D eigenvalue weighted by molar-refractivity contribution is 0.0934. The first-order valence-corrected chi connectivity index (χ1v) is 6.34. The van der Waals surface area contributed by atoms with Gasteiger partial charge in [0.1, 0.15) is 5.75 Å². The van der Waals surface area contributed by atoms with Crippen LogP contribution in [0.2, 0.25) is 0 Å². The van der Waals surface area contributed by atoms with Gasteiger partial charge in [-0.15, -0.1) is 0 Å². The van der Waals surface area contributed by atoms with Crippen molar-refractivity contribution in [2.24, 2.45) is 0 Å². The first-order valence-electron chi connectivity index (χ1n) is 6.34. The van der Waals surface area contributed by atoms with Gasteiger partial charge in [0.25, 0.3) is 5.91 Å². The van der Waals surface area contributed by atoms with Crippen molar-refractivity contribution < 1.29 is 9.53 Å². The zero-order valence-electron chi connectivity index (χ0n) is 10.2. The average molecular weight is 233 g/mol. The van der Waals surface area contributed by atoms with Gasteiger partial charge in [0, 0.05) is 6.04 Å². The Balaban J connectivity index is 2.06. The lowest BCUT2D eigenvalue weighted by Crippen LogP contribution is -2.32. The van der Waals surface area contributed by atoms with Crippen LogP contribution in [0.25, 0.3) is 0 Å². The predicted molar refractivity (Wildman–Crippen MR) is 67.3 cm³/mol. The van der Waals surface area contributed by atoms with Crippen molar-refractivity contribution in [3.8, 4) is 5.75 Å². The molecule has 0 aliphatic heterocycles. The minimum Gasteiger partial charge on any atom is -0.493 e. The van der Waals surface area contributed by atoms with Gasteiger partial charge >= 0.3 is 0 Å². The van der Waals surface area contributed by atoms with Crippen LogP contribution < -0.4 is 10.1 Å². The van der Waals surface area contributed by atoms with Gasteiger partial charge in [0.2, 0.25) is 0 Å². The van der Waals surface area contributed by atoms with Crippen LogP contribution in [0.1, 0.15) is 43.0 Å². The largest absolute Gasteiger partial charge is 0.493 e. The summed E-state index contributed by atoms with van der Waals surface area (Å²) in [5.41, 5.74) is 0.640. The molecule has 1 aliphatic rings. The quantitative estimate of drug-likeness (QED) is 0.868. The van der Waals surface area contributed by atoms with E-state index < -0.39 is 0 Å². The highest BCUT2D eigenvalue weighted by Crippen LogP contribution is 2.21. The molecule has 1 fully saturated rings. The number of hydrogen-bond acceptors (Lipinski definition) is 2. The Kier molecular flexibility index (Phi) is 4.02. The van der Waals surface area contributed by atoms with Crippen LogP contribution in [0.5, 0.6) is 5.75 Å². The van der Waals surface area contributed by atoms with Crippen molar-refractivity contribution in [1.29, 1.82) is 0 Å². The molecule has 1 saturated carbocycles. The Morgan fingerprint density at radius 2 is 2.06 bits per heavy atom. The molecule has 1 amide bonds. The van der Waals surface area contributed by atoms with Gasteiger partial charge in [-0.3, -0.25) is 4.79 Å². The number of carbonyl (C=O) groups excluding carboxylic acids is 1. The van der Waals surface area contributed by atoms with Gasteiger partial charge in [-0.1, -0.05) is 25.0 Å². The monoisotopic (exact) mass is 233 g/mol. The van der Waals surface area contributed by atoms with Gasteiger partial charge in [-0.05, 0) is 31.9 Å². The standard InChI is InChI=1S/C14H19NO2/c1-2-17-13-10-6-5-9-12(13)14(16)15-11-7-3-4-8-11/h5-6,9-11H,2-4,7-8H2,1H3,(H,15,16). The number of nitrogens with one attached hydrogen (secondary N) is 1. The molecule has 17 heavy (non-hydrogen) atoms. The van der Waals surface area contributed by atoms with Crippen molar-refractivity contribution in [1.82, 2.24) is 5.32 Å². The molecule has 0 aromatic heterocycles. The van der Waals surface area contributed by atoms with E-state index in [2.05, 4.69) is 5.32 Å². The SMILES string of the molecule is CCOc1ccccc1C(=O)NC1CCCC1. The van der Waals surface area contributed by atoms with Crippen LogP contribution in [0, 0.1) is 0 Å². The maximum atomic E-state index is 12.1. The number of benzene rings is 1. The molecular formula is C14H19NO2. The topological polar surface area (TPSA) is 38.3 Å². The molecule has 0 spiro atoms. The molecule has 0 radical (unpaired) electrons. The normalized spacial score (nSPS) is 15.8. The van der Waals surface area contributed by atoms with Crippen LogP contribution in [0.4, 0.5) is 0 Å². The minimum atomic E-state index is -0.0130. The Bertz CT molecular complexity index is 384. The molecular weight excluding hydrogens is 214 g/mol. The summed E-state index contributed by atoms with van der Waals surface area (Å²) in [5.74, 6) is 0.659. The molecule has 0 unspecified atom stereocenters. The molecule has 1 aliphatic carbocycles. The first kappa shape index (κ1) is 12.0. The predicted octanol–water partition coefficient (Wildman–Crippen LogP) is 2.76. The average Bonchev–Trinajstić information content (AvgIpc) is 2.83. The summed E-state index contributed by atoms with van der Waals surface area (Å²) in [5, 5.41) is 3.08. The molecule has 3 nitrogen and oxygen atoms in total. The van der Waals surface area contributed by atoms with Crippen LogP contribution in [0.15, 0.2) is 24.3 Å². The highest BCUT2D eigenvalue weighted by atomic mass is 16.5. The molecule has 3 heteroatoms. The first-order chi connectivity index (χ1) is 8.31. The summed E-state index contributed by atoms with van der Waals surface area (Å²) in [7, 11) is 0. The summed E-state index contributed by atoms with van der Waals surface area (Å²) in [6.07, 6.45) is 4.64. The van der Waals surface area contributed by atoms with E-state index in [9.17, 15) is 4.79 Å². The van der Waals surface area contributed by atoms with E-state index in [0.29, 0.717) is 24.0 Å². The second-order valence-electron chi connectivity index (χ2n) is 4.38. The van der Waals surface area contributed by atoms with Gasteiger partial charge < -0.3 is 10.1 Å². The third kappa shape index (κ3) is 2.99. The fraction of sp³-hybridized carbons (Fsp3) is 0.500. The molecule has 92 valence electrons. The Morgan fingerprint density at radius 3 is 2.76 bits per heavy atom. The molecule has 0 saturated heterocycles. The lowest BCUT2D eigenvalue weighted by Gasteiger charge is -2.14. The van der Waals surface area contributed by atoms with Gasteiger partial charge in [0.05, 0.1) is 12.2 Å². The highest BCUT2D eigenvalue weighted by Gasteiger charge is 2.19. The molecule has 0 heterocycles. The maximum absolute atomic E-state index is 12.1. The zero-order chi connectivity index (χ0) is 12.1. The van der Waals surface area contributed by atoms with E-state index in [-0.39, 0.29) is 5.91 Å². The Labute approximate surface area is 102 Å². The molecule has 1 N–H and O–H groups in total. The smallest absolute Gasteiger partial charge is 0.255 e. The molecule has 1 aromatic carbocycles. The van der Waals surface area contributed by atoms with Crippen LogP contribution in [-0.4, -0.2) is 18.6 Å². The third-order valence-corrected chi connectivity index (χ3v) is 3.12. The van der Waals surface area contributed by atoms with Crippen LogP contribution >= 0.6 is 0 Å². The fourth-order valence-corrected chi connectivity index (χ4v) is 2.27. The van der Waals surface area contributed by atoms with E-state index in [1.54, 1.807) is 0 Å². The van der Waals surface area contributed by atoms with E-state index in [1.807, 2.05) is 31.2 Å². The number of ether oxygens (including phenoxy) is 1. The molecule has 0 bridgehead atoms. The van der Waals surface area contributed by atoms with Crippen molar-refractivity contribution in [2.75, 3.05) is 6.61 Å². The molecule has 2 rings (SSSR count). The van der Waals surface area contributed by atoms with Crippen molar-refractivity contribution in [3.05, 3.63) is 29.8 Å². The van der Waals surface area contributed by atoms with E-state index in [0.717, 1.165) is 12.8 Å². The highest BCUT2D eigenvalue weighted by molar-refractivity contribution is 5.97. The number of para-hydroxylation sites is 1. The van der Waals surface area contributed by atoms with Crippen molar-refractivity contribution in [3.63, 3.8) is 0 Å². The second-order valence-corrected chi connectivity index (χ2v) is 4.38. The summed E-state index contributed by atoms with van der Waals surface area (Å²) >= 11 is 0. The molecule has 1 aromatic rings. The summed E-state index contributed by atoms with van der Waals surface area (Å²) in [6.45, 7) is 2.50. The Hall–Kier alpha value is -1.51. The number of hydrogen-bond donors (Lipinski definition) is 1. The number of carbonyl (C=O) groups is 1. The number of rotatable bonds is 4. The molecule has 0 atom stereocenters. The van der Waals surface area contributed by atoms with E-state index >= 15 is 0 Å². The second kappa shape index (κ2) is 5.71. The fourth-order valence-electron chi connectivity index (χ4n) is 2.27. The third-order valence-electron chi connectivity index (χ3n) is 3.12.